The minimum Gasteiger partial charge on any atom is -0.368 e. The Balaban J connectivity index is 1.67. The molecule has 0 radical (unpaired) electrons. The van der Waals surface area contributed by atoms with Crippen LogP contribution >= 0.6 is 11.6 Å². The van der Waals surface area contributed by atoms with Crippen LogP contribution in [0.25, 0.3) is 0 Å². The van der Waals surface area contributed by atoms with E-state index in [0.717, 1.165) is 0 Å². The zero-order valence-corrected chi connectivity index (χ0v) is 20.4. The quantitative estimate of drug-likeness (QED) is 0.430. The van der Waals surface area contributed by atoms with Gasteiger partial charge in [0.25, 0.3) is 5.91 Å². The van der Waals surface area contributed by atoms with Gasteiger partial charge in [0.15, 0.2) is 0 Å². The summed E-state index contributed by atoms with van der Waals surface area (Å²) in [5.74, 6) is -1.93. The van der Waals surface area contributed by atoms with E-state index in [1.165, 1.54) is 12.1 Å². The van der Waals surface area contributed by atoms with Crippen molar-refractivity contribution in [2.45, 2.75) is 32.1 Å². The summed E-state index contributed by atoms with van der Waals surface area (Å²) in [5, 5.41) is 6.00. The molecule has 7 nitrogen and oxygen atoms in total. The number of halogens is 5. The molecule has 196 valence electrons. The maximum absolute atomic E-state index is 14.7. The molecule has 0 bridgehead atoms. The number of nitrogens with zero attached hydrogens (tertiary/aromatic N) is 2. The van der Waals surface area contributed by atoms with Crippen LogP contribution in [0.4, 0.5) is 28.9 Å². The fraction of sp³-hybridized carbons (Fsp3) is 0.417. The zero-order valence-electron chi connectivity index (χ0n) is 19.7. The van der Waals surface area contributed by atoms with Gasteiger partial charge in [-0.25, -0.2) is 4.39 Å². The summed E-state index contributed by atoms with van der Waals surface area (Å²) in [6.45, 7) is 3.46. The molecule has 1 atom stereocenters. The van der Waals surface area contributed by atoms with Crippen LogP contribution in [-0.4, -0.2) is 61.7 Å². The Kier molecular flexibility index (Phi) is 9.15. The van der Waals surface area contributed by atoms with E-state index in [2.05, 4.69) is 10.6 Å². The molecule has 0 aliphatic carbocycles. The van der Waals surface area contributed by atoms with Crippen molar-refractivity contribution >= 4 is 34.8 Å². The number of primary amides is 1. The first-order valence-corrected chi connectivity index (χ1v) is 11.8. The first kappa shape index (κ1) is 27.7. The number of piperazine rings is 1. The van der Waals surface area contributed by atoms with Crippen LogP contribution < -0.4 is 21.3 Å². The van der Waals surface area contributed by atoms with Crippen molar-refractivity contribution in [2.75, 3.05) is 42.9 Å². The van der Waals surface area contributed by atoms with Gasteiger partial charge in [0, 0.05) is 44.3 Å². The molecule has 1 heterocycles. The fourth-order valence-corrected chi connectivity index (χ4v) is 3.95. The smallest absolute Gasteiger partial charge is 0.368 e. The minimum atomic E-state index is -4.20. The van der Waals surface area contributed by atoms with E-state index in [1.54, 1.807) is 36.1 Å². The molecule has 2 aromatic carbocycles. The van der Waals surface area contributed by atoms with E-state index >= 15 is 0 Å². The first-order valence-electron chi connectivity index (χ1n) is 11.4. The molecule has 1 unspecified atom stereocenters. The molecule has 12 heteroatoms. The van der Waals surface area contributed by atoms with Crippen molar-refractivity contribution < 1.29 is 27.2 Å². The lowest BCUT2D eigenvalue weighted by atomic mass is 10.1. The zero-order chi connectivity index (χ0) is 26.5. The second kappa shape index (κ2) is 11.9. The number of benzene rings is 2. The summed E-state index contributed by atoms with van der Waals surface area (Å²) in [6, 6.07) is 8.39. The molecule has 2 amide bonds. The Morgan fingerprint density at radius 1 is 1.11 bits per heavy atom. The lowest BCUT2D eigenvalue weighted by Gasteiger charge is -2.37. The van der Waals surface area contributed by atoms with Crippen molar-refractivity contribution in [3.63, 3.8) is 0 Å². The lowest BCUT2D eigenvalue weighted by Crippen LogP contribution is -2.47. The average molecular weight is 530 g/mol. The van der Waals surface area contributed by atoms with Gasteiger partial charge in [-0.2, -0.15) is 13.2 Å². The third kappa shape index (κ3) is 7.81. The monoisotopic (exact) mass is 529 g/mol. The van der Waals surface area contributed by atoms with Crippen LogP contribution in [0.5, 0.6) is 0 Å². The van der Waals surface area contributed by atoms with Crippen LogP contribution in [0.3, 0.4) is 0 Å². The predicted molar refractivity (Wildman–Crippen MR) is 131 cm³/mol. The highest BCUT2D eigenvalue weighted by Gasteiger charge is 2.29. The SMILES string of the molecule is CC(NCc1ccc(C(=O)Nc2ccc(Cl)cc2N2CCN(CCC(F)(F)F)CC2)c(F)c1)C(N)=O. The van der Waals surface area contributed by atoms with Crippen molar-refractivity contribution in [1.29, 1.82) is 0 Å². The van der Waals surface area contributed by atoms with E-state index in [9.17, 15) is 27.2 Å². The van der Waals surface area contributed by atoms with Crippen molar-refractivity contribution in [3.8, 4) is 0 Å². The fourth-order valence-electron chi connectivity index (χ4n) is 3.78. The van der Waals surface area contributed by atoms with E-state index in [4.69, 9.17) is 17.3 Å². The highest BCUT2D eigenvalue weighted by Crippen LogP contribution is 2.31. The summed E-state index contributed by atoms with van der Waals surface area (Å²) < 4.78 is 52.3. The molecular weight excluding hydrogens is 502 g/mol. The van der Waals surface area contributed by atoms with Gasteiger partial charge in [0.1, 0.15) is 5.82 Å². The Hall–Kier alpha value is -2.89. The molecule has 0 saturated carbocycles. The lowest BCUT2D eigenvalue weighted by molar-refractivity contribution is -0.138. The van der Waals surface area contributed by atoms with Gasteiger partial charge in [0.2, 0.25) is 5.91 Å². The van der Waals surface area contributed by atoms with Crippen LogP contribution in [0.2, 0.25) is 5.02 Å². The molecule has 1 fully saturated rings. The summed E-state index contributed by atoms with van der Waals surface area (Å²) >= 11 is 6.16. The highest BCUT2D eigenvalue weighted by atomic mass is 35.5. The number of anilines is 2. The van der Waals surface area contributed by atoms with Gasteiger partial charge in [0.05, 0.1) is 29.4 Å². The molecule has 1 aliphatic rings. The maximum atomic E-state index is 14.7. The molecule has 1 aliphatic heterocycles. The van der Waals surface area contributed by atoms with Gasteiger partial charge in [-0.1, -0.05) is 17.7 Å². The number of carbonyl (C=O) groups excluding carboxylic acids is 2. The third-order valence-electron chi connectivity index (χ3n) is 5.95. The molecule has 0 aromatic heterocycles. The summed E-state index contributed by atoms with van der Waals surface area (Å²) in [6.07, 6.45) is -5.07. The standard InChI is InChI=1S/C24H28ClF4N5O2/c1-15(22(30)35)31-14-16-2-4-18(19(26)12-16)23(36)32-20-5-3-17(25)13-21(20)34-10-8-33(9-11-34)7-6-24(27,28)29/h2-5,12-13,15,31H,6-11,14H2,1H3,(H2,30,35)(H,32,36). The normalized spacial score (nSPS) is 15.6. The first-order chi connectivity index (χ1) is 16.9. The van der Waals surface area contributed by atoms with Gasteiger partial charge < -0.3 is 21.3 Å². The van der Waals surface area contributed by atoms with Crippen molar-refractivity contribution in [2.24, 2.45) is 5.73 Å². The molecule has 3 rings (SSSR count). The van der Waals surface area contributed by atoms with Gasteiger partial charge >= 0.3 is 6.18 Å². The maximum Gasteiger partial charge on any atom is 0.390 e. The Morgan fingerprint density at radius 2 is 1.81 bits per heavy atom. The third-order valence-corrected chi connectivity index (χ3v) is 6.18. The van der Waals surface area contributed by atoms with Gasteiger partial charge in [-0.05, 0) is 42.8 Å². The van der Waals surface area contributed by atoms with Gasteiger partial charge in [-0.15, -0.1) is 0 Å². The summed E-state index contributed by atoms with van der Waals surface area (Å²) in [4.78, 5) is 27.7. The number of rotatable bonds is 9. The molecule has 2 aromatic rings. The van der Waals surface area contributed by atoms with Crippen LogP contribution in [-0.2, 0) is 11.3 Å². The number of hydrogen-bond acceptors (Lipinski definition) is 5. The van der Waals surface area contributed by atoms with E-state index in [-0.39, 0.29) is 18.7 Å². The number of hydrogen-bond donors (Lipinski definition) is 3. The Bertz CT molecular complexity index is 1090. The van der Waals surface area contributed by atoms with E-state index < -0.39 is 36.3 Å². The van der Waals surface area contributed by atoms with Crippen LogP contribution in [0, 0.1) is 5.82 Å². The predicted octanol–water partition coefficient (Wildman–Crippen LogP) is 3.77. The van der Waals surface area contributed by atoms with E-state index in [0.29, 0.717) is 48.1 Å². The number of alkyl halides is 3. The molecule has 36 heavy (non-hydrogen) atoms. The number of amides is 2. The summed E-state index contributed by atoms with van der Waals surface area (Å²) in [7, 11) is 0. The second-order valence-corrected chi connectivity index (χ2v) is 9.07. The largest absolute Gasteiger partial charge is 0.390 e. The van der Waals surface area contributed by atoms with Crippen molar-refractivity contribution in [1.82, 2.24) is 10.2 Å². The van der Waals surface area contributed by atoms with Crippen LogP contribution in [0.15, 0.2) is 36.4 Å². The molecular formula is C24H28ClF4N5O2. The molecule has 1 saturated heterocycles. The average Bonchev–Trinajstić information content (AvgIpc) is 2.82. The Labute approximate surface area is 211 Å². The second-order valence-electron chi connectivity index (χ2n) is 8.63. The number of nitrogens with one attached hydrogen (secondary N) is 2. The van der Waals surface area contributed by atoms with E-state index in [1.807, 2.05) is 4.90 Å². The van der Waals surface area contributed by atoms with Crippen LogP contribution in [0.1, 0.15) is 29.3 Å². The minimum absolute atomic E-state index is 0.0668. The topological polar surface area (TPSA) is 90.7 Å². The molecule has 4 N–H and O–H groups in total. The summed E-state index contributed by atoms with van der Waals surface area (Å²) in [5.41, 5.74) is 6.58. The van der Waals surface area contributed by atoms with Crippen molar-refractivity contribution in [3.05, 3.63) is 58.4 Å². The Morgan fingerprint density at radius 3 is 2.42 bits per heavy atom. The molecule has 0 spiro atoms. The van der Waals surface area contributed by atoms with Gasteiger partial charge in [-0.3, -0.25) is 14.5 Å². The highest BCUT2D eigenvalue weighted by molar-refractivity contribution is 6.31. The number of nitrogens with two attached hydrogens (primary N) is 1. The number of carbonyl (C=O) groups is 2.